The highest BCUT2D eigenvalue weighted by molar-refractivity contribution is 7.89. The second-order valence-corrected chi connectivity index (χ2v) is 9.30. The minimum Gasteiger partial charge on any atom is -0.486 e. The molecule has 3 aromatic rings. The van der Waals surface area contributed by atoms with Gasteiger partial charge in [0.05, 0.1) is 15.6 Å². The Labute approximate surface area is 192 Å². The summed E-state index contributed by atoms with van der Waals surface area (Å²) in [6.07, 6.45) is 3.53. The number of nitrogens with zero attached hydrogens (tertiary/aromatic N) is 3. The first-order valence-corrected chi connectivity index (χ1v) is 11.9. The Balaban J connectivity index is 1.72. The van der Waals surface area contributed by atoms with E-state index < -0.39 is 15.9 Å². The minimum absolute atomic E-state index is 0.0685. The molecular weight excluding hydrogens is 452 g/mol. The molecule has 0 fully saturated rings. The molecule has 0 radical (unpaired) electrons. The lowest BCUT2D eigenvalue weighted by molar-refractivity contribution is 0.102. The number of aromatic nitrogens is 2. The van der Waals surface area contributed by atoms with Crippen LogP contribution in [0.1, 0.15) is 30.0 Å². The molecule has 0 aliphatic rings. The molecule has 0 saturated carbocycles. The third-order valence-corrected chi connectivity index (χ3v) is 7.31. The van der Waals surface area contributed by atoms with Crippen LogP contribution >= 0.6 is 11.6 Å². The van der Waals surface area contributed by atoms with Gasteiger partial charge in [-0.3, -0.25) is 4.79 Å². The van der Waals surface area contributed by atoms with E-state index in [9.17, 15) is 13.2 Å². The van der Waals surface area contributed by atoms with E-state index in [0.29, 0.717) is 31.0 Å². The van der Waals surface area contributed by atoms with Gasteiger partial charge in [0.15, 0.2) is 0 Å². The zero-order valence-electron chi connectivity index (χ0n) is 18.1. The van der Waals surface area contributed by atoms with Crippen LogP contribution in [0.2, 0.25) is 5.02 Å². The Morgan fingerprint density at radius 2 is 1.84 bits per heavy atom. The summed E-state index contributed by atoms with van der Waals surface area (Å²) in [5.74, 6) is 0.954. The molecule has 0 unspecified atom stereocenters. The molecule has 0 aliphatic carbocycles. The lowest BCUT2D eigenvalue weighted by Gasteiger charge is -2.19. The number of nitrogens with one attached hydrogen (secondary N) is 1. The highest BCUT2D eigenvalue weighted by atomic mass is 35.5. The standard InChI is InChI=1S/C22H25ClN4O4S/c1-4-27(5-2)32(29,30)18-10-11-19(23)20(14-18)25-22(28)16-6-8-17(9-7-16)31-15-21-24-12-13-26(21)3/h6-14H,4-5,15H2,1-3H3,(H,25,28). The molecule has 8 nitrogen and oxygen atoms in total. The zero-order chi connectivity index (χ0) is 23.3. The van der Waals surface area contributed by atoms with Crippen molar-refractivity contribution in [2.75, 3.05) is 18.4 Å². The summed E-state index contributed by atoms with van der Waals surface area (Å²) in [5.41, 5.74) is 0.599. The van der Waals surface area contributed by atoms with E-state index >= 15 is 0 Å². The predicted molar refractivity (Wildman–Crippen MR) is 123 cm³/mol. The maximum Gasteiger partial charge on any atom is 0.255 e. The first-order valence-electron chi connectivity index (χ1n) is 10.1. The van der Waals surface area contributed by atoms with Gasteiger partial charge in [0.1, 0.15) is 18.2 Å². The fourth-order valence-electron chi connectivity index (χ4n) is 3.05. The van der Waals surface area contributed by atoms with Crippen molar-refractivity contribution in [3.8, 4) is 5.75 Å². The van der Waals surface area contributed by atoms with Gasteiger partial charge in [-0.2, -0.15) is 4.31 Å². The highest BCUT2D eigenvalue weighted by Gasteiger charge is 2.23. The summed E-state index contributed by atoms with van der Waals surface area (Å²) in [6, 6.07) is 10.9. The average molecular weight is 477 g/mol. The monoisotopic (exact) mass is 476 g/mol. The van der Waals surface area contributed by atoms with Crippen molar-refractivity contribution >= 4 is 33.2 Å². The van der Waals surface area contributed by atoms with Crippen molar-refractivity contribution < 1.29 is 17.9 Å². The van der Waals surface area contributed by atoms with Gasteiger partial charge in [-0.1, -0.05) is 25.4 Å². The van der Waals surface area contributed by atoms with Crippen LogP contribution in [0.5, 0.6) is 5.75 Å². The summed E-state index contributed by atoms with van der Waals surface area (Å²) in [6.45, 7) is 4.53. The molecule has 1 heterocycles. The molecule has 0 spiro atoms. The number of benzene rings is 2. The smallest absolute Gasteiger partial charge is 0.255 e. The first-order chi connectivity index (χ1) is 15.3. The molecule has 0 aliphatic heterocycles. The number of aryl methyl sites for hydroxylation is 1. The van der Waals surface area contributed by atoms with Crippen molar-refractivity contribution in [1.82, 2.24) is 13.9 Å². The Morgan fingerprint density at radius 3 is 2.44 bits per heavy atom. The zero-order valence-corrected chi connectivity index (χ0v) is 19.7. The number of sulfonamides is 1. The minimum atomic E-state index is -3.67. The molecule has 1 N–H and O–H groups in total. The molecular formula is C22H25ClN4O4S. The van der Waals surface area contributed by atoms with Crippen LogP contribution in [0, 0.1) is 0 Å². The van der Waals surface area contributed by atoms with E-state index in [1.165, 1.54) is 22.5 Å². The van der Waals surface area contributed by atoms with E-state index in [4.69, 9.17) is 16.3 Å². The van der Waals surface area contributed by atoms with E-state index in [1.807, 2.05) is 17.8 Å². The Morgan fingerprint density at radius 1 is 1.16 bits per heavy atom. The van der Waals surface area contributed by atoms with Crippen LogP contribution in [-0.2, 0) is 23.7 Å². The largest absolute Gasteiger partial charge is 0.486 e. The molecule has 1 aromatic heterocycles. The number of hydrogen-bond acceptors (Lipinski definition) is 5. The lowest BCUT2D eigenvalue weighted by Crippen LogP contribution is -2.30. The van der Waals surface area contributed by atoms with Crippen LogP contribution in [0.4, 0.5) is 5.69 Å². The topological polar surface area (TPSA) is 93.5 Å². The summed E-state index contributed by atoms with van der Waals surface area (Å²) in [7, 11) is -1.79. The molecule has 3 rings (SSSR count). The van der Waals surface area contributed by atoms with Gasteiger partial charge < -0.3 is 14.6 Å². The molecule has 170 valence electrons. The van der Waals surface area contributed by atoms with Gasteiger partial charge in [0, 0.05) is 38.1 Å². The summed E-state index contributed by atoms with van der Waals surface area (Å²) < 4.78 is 34.4. The number of hydrogen-bond donors (Lipinski definition) is 1. The number of ether oxygens (including phenoxy) is 1. The normalized spacial score (nSPS) is 11.5. The van der Waals surface area contributed by atoms with E-state index in [0.717, 1.165) is 5.82 Å². The SMILES string of the molecule is CCN(CC)S(=O)(=O)c1ccc(Cl)c(NC(=O)c2ccc(OCc3nccn3C)cc2)c1. The number of carbonyl (C=O) groups excluding carboxylic acids is 1. The fraction of sp³-hybridized carbons (Fsp3) is 0.273. The Hall–Kier alpha value is -2.88. The molecule has 0 atom stereocenters. The van der Waals surface area contributed by atoms with Crippen LogP contribution in [0.3, 0.4) is 0 Å². The van der Waals surface area contributed by atoms with Gasteiger partial charge in [-0.25, -0.2) is 13.4 Å². The average Bonchev–Trinajstić information content (AvgIpc) is 3.19. The predicted octanol–water partition coefficient (Wildman–Crippen LogP) is 3.94. The van der Waals surface area contributed by atoms with Crippen LogP contribution < -0.4 is 10.1 Å². The van der Waals surface area contributed by atoms with Crippen molar-refractivity contribution in [2.45, 2.75) is 25.3 Å². The van der Waals surface area contributed by atoms with Crippen LogP contribution in [0.15, 0.2) is 59.8 Å². The Kier molecular flexibility index (Phi) is 7.55. The molecule has 10 heteroatoms. The van der Waals surface area contributed by atoms with E-state index in [-0.39, 0.29) is 15.6 Å². The second kappa shape index (κ2) is 10.2. The van der Waals surface area contributed by atoms with E-state index in [2.05, 4.69) is 10.3 Å². The molecule has 32 heavy (non-hydrogen) atoms. The Bertz CT molecular complexity index is 1190. The van der Waals surface area contributed by atoms with Gasteiger partial charge in [0.2, 0.25) is 10.0 Å². The molecule has 0 bridgehead atoms. The number of rotatable bonds is 9. The maximum atomic E-state index is 12.8. The van der Waals surface area contributed by atoms with Crippen molar-refractivity contribution in [2.24, 2.45) is 7.05 Å². The third-order valence-electron chi connectivity index (χ3n) is 4.93. The fourth-order valence-corrected chi connectivity index (χ4v) is 4.70. The number of halogens is 1. The van der Waals surface area contributed by atoms with Crippen LogP contribution in [-0.4, -0.2) is 41.3 Å². The lowest BCUT2D eigenvalue weighted by atomic mass is 10.2. The van der Waals surface area contributed by atoms with Crippen molar-refractivity contribution in [3.05, 3.63) is 71.3 Å². The van der Waals surface area contributed by atoms with Gasteiger partial charge in [0.25, 0.3) is 5.91 Å². The summed E-state index contributed by atoms with van der Waals surface area (Å²) in [4.78, 5) is 17.0. The van der Waals surface area contributed by atoms with Gasteiger partial charge >= 0.3 is 0 Å². The highest BCUT2D eigenvalue weighted by Crippen LogP contribution is 2.27. The van der Waals surface area contributed by atoms with Crippen LogP contribution in [0.25, 0.3) is 0 Å². The number of amides is 1. The molecule has 0 saturated heterocycles. The molecule has 1 amide bonds. The number of imidazole rings is 1. The van der Waals surface area contributed by atoms with E-state index in [1.54, 1.807) is 44.3 Å². The number of carbonyl (C=O) groups is 1. The van der Waals surface area contributed by atoms with Crippen molar-refractivity contribution in [1.29, 1.82) is 0 Å². The first kappa shape index (κ1) is 23.8. The van der Waals surface area contributed by atoms with Gasteiger partial charge in [-0.15, -0.1) is 0 Å². The second-order valence-electron chi connectivity index (χ2n) is 6.95. The summed E-state index contributed by atoms with van der Waals surface area (Å²) in [5, 5.41) is 2.93. The van der Waals surface area contributed by atoms with Gasteiger partial charge in [-0.05, 0) is 42.5 Å². The third kappa shape index (κ3) is 5.29. The maximum absolute atomic E-state index is 12.8. The molecule has 2 aromatic carbocycles. The van der Waals surface area contributed by atoms with Crippen molar-refractivity contribution in [3.63, 3.8) is 0 Å². The summed E-state index contributed by atoms with van der Waals surface area (Å²) >= 11 is 6.20. The quantitative estimate of drug-likeness (QED) is 0.505. The number of anilines is 1.